The van der Waals surface area contributed by atoms with Crippen LogP contribution in [0.5, 0.6) is 5.75 Å². The van der Waals surface area contributed by atoms with Gasteiger partial charge in [-0.3, -0.25) is 4.79 Å². The highest BCUT2D eigenvalue weighted by molar-refractivity contribution is 6.35. The molecule has 1 fully saturated rings. The van der Waals surface area contributed by atoms with Crippen LogP contribution in [0.2, 0.25) is 10.0 Å². The summed E-state index contributed by atoms with van der Waals surface area (Å²) in [6.07, 6.45) is 2.16. The van der Waals surface area contributed by atoms with Crippen molar-refractivity contribution in [3.05, 3.63) is 28.2 Å². The predicted octanol–water partition coefficient (Wildman–Crippen LogP) is 3.89. The van der Waals surface area contributed by atoms with Crippen molar-refractivity contribution in [3.63, 3.8) is 0 Å². The van der Waals surface area contributed by atoms with Crippen molar-refractivity contribution in [3.8, 4) is 5.75 Å². The molecular weight excluding hydrogens is 379 g/mol. The van der Waals surface area contributed by atoms with Crippen LogP contribution < -0.4 is 10.1 Å². The molecule has 0 aliphatic carbocycles. The first-order valence-electron chi connectivity index (χ1n) is 8.78. The lowest BCUT2D eigenvalue weighted by molar-refractivity contribution is -0.122. The zero-order chi connectivity index (χ0) is 18.9. The van der Waals surface area contributed by atoms with E-state index in [2.05, 4.69) is 5.32 Å². The third-order valence-electron chi connectivity index (χ3n) is 4.09. The lowest BCUT2D eigenvalue weighted by Gasteiger charge is -2.31. The van der Waals surface area contributed by atoms with E-state index in [0.29, 0.717) is 54.9 Å². The SMILES string of the molecule is CCOC(=O)N1CCC(NC(=O)CCCOc2ccc(Cl)cc2Cl)CC1. The summed E-state index contributed by atoms with van der Waals surface area (Å²) in [5.74, 6) is 0.549. The minimum absolute atomic E-state index is 0.00890. The first kappa shape index (κ1) is 20.6. The van der Waals surface area contributed by atoms with Crippen molar-refractivity contribution >= 4 is 35.2 Å². The van der Waals surface area contributed by atoms with Crippen LogP contribution in [0.15, 0.2) is 18.2 Å². The third kappa shape index (κ3) is 6.57. The number of hydrogen-bond donors (Lipinski definition) is 1. The fourth-order valence-corrected chi connectivity index (χ4v) is 3.19. The molecule has 1 aromatic carbocycles. The van der Waals surface area contributed by atoms with Gasteiger partial charge in [0.2, 0.25) is 5.91 Å². The van der Waals surface area contributed by atoms with Gasteiger partial charge in [0.25, 0.3) is 0 Å². The van der Waals surface area contributed by atoms with Gasteiger partial charge in [-0.2, -0.15) is 0 Å². The Morgan fingerprint density at radius 1 is 1.27 bits per heavy atom. The summed E-state index contributed by atoms with van der Waals surface area (Å²) in [7, 11) is 0. The van der Waals surface area contributed by atoms with Crippen molar-refractivity contribution in [2.45, 2.75) is 38.6 Å². The molecule has 6 nitrogen and oxygen atoms in total. The van der Waals surface area contributed by atoms with E-state index in [1.807, 2.05) is 0 Å². The summed E-state index contributed by atoms with van der Waals surface area (Å²) >= 11 is 11.9. The zero-order valence-corrected chi connectivity index (χ0v) is 16.3. The second-order valence-corrected chi connectivity index (χ2v) is 6.90. The van der Waals surface area contributed by atoms with Gasteiger partial charge < -0.3 is 19.7 Å². The molecule has 1 aliphatic rings. The van der Waals surface area contributed by atoms with Crippen LogP contribution in [0.25, 0.3) is 0 Å². The Morgan fingerprint density at radius 3 is 2.65 bits per heavy atom. The van der Waals surface area contributed by atoms with Crippen molar-refractivity contribution in [2.75, 3.05) is 26.3 Å². The van der Waals surface area contributed by atoms with Crippen LogP contribution in [-0.4, -0.2) is 49.2 Å². The molecule has 0 unspecified atom stereocenters. The fraction of sp³-hybridized carbons (Fsp3) is 0.556. The van der Waals surface area contributed by atoms with Crippen LogP contribution in [0.4, 0.5) is 4.79 Å². The molecule has 1 heterocycles. The highest BCUT2D eigenvalue weighted by Gasteiger charge is 2.24. The van der Waals surface area contributed by atoms with Crippen molar-refractivity contribution in [1.29, 1.82) is 0 Å². The van der Waals surface area contributed by atoms with Gasteiger partial charge in [0.1, 0.15) is 5.75 Å². The standard InChI is InChI=1S/C18H24Cl2N2O4/c1-2-25-18(24)22-9-7-14(8-10-22)21-17(23)4-3-11-26-16-6-5-13(19)12-15(16)20/h5-6,12,14H,2-4,7-11H2,1H3,(H,21,23). The maximum atomic E-state index is 12.0. The molecule has 0 aromatic heterocycles. The number of amides is 2. The van der Waals surface area contributed by atoms with E-state index in [-0.39, 0.29) is 18.0 Å². The quantitative estimate of drug-likeness (QED) is 0.702. The molecule has 1 saturated heterocycles. The summed E-state index contributed by atoms with van der Waals surface area (Å²) < 4.78 is 10.6. The molecule has 8 heteroatoms. The molecule has 2 rings (SSSR count). The minimum atomic E-state index is -0.282. The number of hydrogen-bond acceptors (Lipinski definition) is 4. The molecule has 1 aliphatic heterocycles. The average molecular weight is 403 g/mol. The molecule has 1 N–H and O–H groups in total. The third-order valence-corrected chi connectivity index (χ3v) is 4.62. The number of rotatable bonds is 7. The van der Waals surface area contributed by atoms with E-state index in [4.69, 9.17) is 32.7 Å². The summed E-state index contributed by atoms with van der Waals surface area (Å²) in [5, 5.41) is 4.02. The van der Waals surface area contributed by atoms with Crippen molar-refractivity contribution in [1.82, 2.24) is 10.2 Å². The second-order valence-electron chi connectivity index (χ2n) is 6.05. The van der Waals surface area contributed by atoms with Gasteiger partial charge in [0.15, 0.2) is 0 Å². The van der Waals surface area contributed by atoms with Crippen molar-refractivity contribution in [2.24, 2.45) is 0 Å². The largest absolute Gasteiger partial charge is 0.492 e. The van der Waals surface area contributed by atoms with E-state index in [9.17, 15) is 9.59 Å². The topological polar surface area (TPSA) is 67.9 Å². The molecule has 26 heavy (non-hydrogen) atoms. The van der Waals surface area contributed by atoms with Gasteiger partial charge in [0, 0.05) is 30.6 Å². The second kappa shape index (κ2) is 10.5. The molecule has 0 radical (unpaired) electrons. The Morgan fingerprint density at radius 2 is 2.00 bits per heavy atom. The Labute approximate surface area is 163 Å². The molecule has 0 atom stereocenters. The van der Waals surface area contributed by atoms with E-state index < -0.39 is 0 Å². The predicted molar refractivity (Wildman–Crippen MR) is 101 cm³/mol. The van der Waals surface area contributed by atoms with Gasteiger partial charge in [0.05, 0.1) is 18.2 Å². The summed E-state index contributed by atoms with van der Waals surface area (Å²) in [4.78, 5) is 25.4. The monoisotopic (exact) mass is 402 g/mol. The van der Waals surface area contributed by atoms with E-state index in [0.717, 1.165) is 12.8 Å². The summed E-state index contributed by atoms with van der Waals surface area (Å²) in [6, 6.07) is 5.13. The number of nitrogens with zero attached hydrogens (tertiary/aromatic N) is 1. The number of benzene rings is 1. The lowest BCUT2D eigenvalue weighted by atomic mass is 10.1. The number of carbonyl (C=O) groups is 2. The Bertz CT molecular complexity index is 619. The Balaban J connectivity index is 1.61. The van der Waals surface area contributed by atoms with Crippen LogP contribution in [0, 0.1) is 0 Å². The number of likely N-dealkylation sites (tertiary alicyclic amines) is 1. The maximum absolute atomic E-state index is 12.0. The zero-order valence-electron chi connectivity index (χ0n) is 14.8. The van der Waals surface area contributed by atoms with Crippen molar-refractivity contribution < 1.29 is 19.1 Å². The number of carbonyl (C=O) groups excluding carboxylic acids is 2. The maximum Gasteiger partial charge on any atom is 0.409 e. The first-order chi connectivity index (χ1) is 12.5. The molecule has 0 saturated carbocycles. The molecule has 1 aromatic rings. The number of ether oxygens (including phenoxy) is 2. The van der Waals surface area contributed by atoms with Gasteiger partial charge in [-0.05, 0) is 44.4 Å². The highest BCUT2D eigenvalue weighted by atomic mass is 35.5. The molecule has 0 bridgehead atoms. The molecule has 144 valence electrons. The molecular formula is C18H24Cl2N2O4. The average Bonchev–Trinajstić information content (AvgIpc) is 2.61. The van der Waals surface area contributed by atoms with Gasteiger partial charge >= 0.3 is 6.09 Å². The van der Waals surface area contributed by atoms with E-state index in [1.54, 1.807) is 30.0 Å². The van der Waals surface area contributed by atoms with Crippen LogP contribution in [0.3, 0.4) is 0 Å². The Hall–Kier alpha value is -1.66. The smallest absolute Gasteiger partial charge is 0.409 e. The van der Waals surface area contributed by atoms with Gasteiger partial charge in [-0.15, -0.1) is 0 Å². The fourth-order valence-electron chi connectivity index (χ4n) is 2.73. The number of piperidine rings is 1. The number of halogens is 2. The van der Waals surface area contributed by atoms with Crippen LogP contribution in [-0.2, 0) is 9.53 Å². The highest BCUT2D eigenvalue weighted by Crippen LogP contribution is 2.27. The van der Waals surface area contributed by atoms with Gasteiger partial charge in [-0.1, -0.05) is 23.2 Å². The van der Waals surface area contributed by atoms with Crippen LogP contribution in [0.1, 0.15) is 32.6 Å². The molecule has 2 amide bonds. The Kier molecular flexibility index (Phi) is 8.32. The molecule has 0 spiro atoms. The van der Waals surface area contributed by atoms with Gasteiger partial charge in [-0.25, -0.2) is 4.79 Å². The normalized spacial score (nSPS) is 14.8. The number of nitrogens with one attached hydrogen (secondary N) is 1. The minimum Gasteiger partial charge on any atom is -0.492 e. The van der Waals surface area contributed by atoms with E-state index in [1.165, 1.54) is 0 Å². The summed E-state index contributed by atoms with van der Waals surface area (Å²) in [6.45, 7) is 3.76. The van der Waals surface area contributed by atoms with E-state index >= 15 is 0 Å². The summed E-state index contributed by atoms with van der Waals surface area (Å²) in [5.41, 5.74) is 0. The van der Waals surface area contributed by atoms with Crippen LogP contribution >= 0.6 is 23.2 Å². The lowest BCUT2D eigenvalue weighted by Crippen LogP contribution is -2.46. The first-order valence-corrected chi connectivity index (χ1v) is 9.54.